The van der Waals surface area contributed by atoms with Gasteiger partial charge in [-0.25, -0.2) is 4.57 Å². The van der Waals surface area contributed by atoms with E-state index < -0.39 is 0 Å². The maximum atomic E-state index is 5.64. The van der Waals surface area contributed by atoms with Crippen molar-refractivity contribution in [2.24, 2.45) is 10.2 Å². The summed E-state index contributed by atoms with van der Waals surface area (Å²) in [5.74, 6) is 0. The van der Waals surface area contributed by atoms with E-state index in [4.69, 9.17) is 4.84 Å². The van der Waals surface area contributed by atoms with Gasteiger partial charge in [0.2, 0.25) is 0 Å². The van der Waals surface area contributed by atoms with Gasteiger partial charge < -0.3 is 0 Å². The summed E-state index contributed by atoms with van der Waals surface area (Å²) in [6.07, 6.45) is 2.04. The molecule has 0 aliphatic heterocycles. The van der Waals surface area contributed by atoms with E-state index in [2.05, 4.69) is 52.1 Å². The summed E-state index contributed by atoms with van der Waals surface area (Å²) < 4.78 is 2.11. The Morgan fingerprint density at radius 3 is 2.59 bits per heavy atom. The van der Waals surface area contributed by atoms with Crippen LogP contribution in [0.3, 0.4) is 0 Å². The number of aromatic nitrogens is 1. The molecule has 0 spiro atoms. The highest BCUT2D eigenvalue weighted by atomic mass is 32.1. The summed E-state index contributed by atoms with van der Waals surface area (Å²) >= 11 is 1.59. The van der Waals surface area contributed by atoms with E-state index in [0.29, 0.717) is 6.61 Å². The number of benzene rings is 2. The second-order valence-electron chi connectivity index (χ2n) is 6.08. The monoisotopic (exact) mass is 381 g/mol. The average Bonchev–Trinajstić information content (AvgIpc) is 3.13. The van der Waals surface area contributed by atoms with Crippen molar-refractivity contribution < 1.29 is 9.40 Å². The van der Waals surface area contributed by atoms with E-state index in [1.165, 1.54) is 5.56 Å². The topological polar surface area (TPSA) is 41.1 Å². The smallest absolute Gasteiger partial charge is 0.274 e. The first kappa shape index (κ1) is 19.2. The van der Waals surface area contributed by atoms with Crippen LogP contribution in [0.2, 0.25) is 0 Å². The van der Waals surface area contributed by atoms with Crippen molar-refractivity contribution in [2.75, 3.05) is 18.2 Å². The normalized spacial score (nSPS) is 11.2. The van der Waals surface area contributed by atoms with Crippen molar-refractivity contribution in [3.05, 3.63) is 71.2 Å². The fourth-order valence-electron chi connectivity index (χ4n) is 2.79. The Morgan fingerprint density at radius 1 is 1.07 bits per heavy atom. The number of aryl methyl sites for hydroxylation is 1. The number of hydrogen-bond acceptors (Lipinski definition) is 5. The number of hydroxylamine groups is 1. The minimum Gasteiger partial charge on any atom is -0.274 e. The summed E-state index contributed by atoms with van der Waals surface area (Å²) in [6.45, 7) is 8.34. The number of nitrogens with zero attached hydrogens (tertiary/aromatic N) is 4. The maximum absolute atomic E-state index is 5.64. The summed E-state index contributed by atoms with van der Waals surface area (Å²) in [6, 6.07) is 16.5. The van der Waals surface area contributed by atoms with Crippen LogP contribution in [0.5, 0.6) is 0 Å². The zero-order valence-corrected chi connectivity index (χ0v) is 16.8. The summed E-state index contributed by atoms with van der Waals surface area (Å²) in [7, 11) is 0. The van der Waals surface area contributed by atoms with E-state index in [1.54, 1.807) is 11.3 Å². The molecule has 0 bridgehead atoms. The Balaban J connectivity index is 1.76. The third kappa shape index (κ3) is 4.99. The Kier molecular flexibility index (Phi) is 6.68. The van der Waals surface area contributed by atoms with Gasteiger partial charge >= 0.3 is 5.13 Å². The van der Waals surface area contributed by atoms with Crippen LogP contribution in [0.25, 0.3) is 0 Å². The molecule has 0 saturated carbocycles. The van der Waals surface area contributed by atoms with Gasteiger partial charge in [-0.1, -0.05) is 30.3 Å². The lowest BCUT2D eigenvalue weighted by atomic mass is 10.2. The lowest BCUT2D eigenvalue weighted by Crippen LogP contribution is -2.31. The highest BCUT2D eigenvalue weighted by molar-refractivity contribution is 7.12. The van der Waals surface area contributed by atoms with Crippen molar-refractivity contribution in [3.63, 3.8) is 0 Å². The molecule has 0 aliphatic rings. The van der Waals surface area contributed by atoms with Crippen molar-refractivity contribution in [3.8, 4) is 0 Å². The molecule has 0 saturated heterocycles. The Morgan fingerprint density at radius 2 is 1.89 bits per heavy atom. The van der Waals surface area contributed by atoms with Crippen molar-refractivity contribution in [1.29, 1.82) is 0 Å². The largest absolute Gasteiger partial charge is 0.408 e. The minimum absolute atomic E-state index is 0.647. The summed E-state index contributed by atoms with van der Waals surface area (Å²) in [4.78, 5) is 5.64. The molecule has 27 heavy (non-hydrogen) atoms. The predicted octanol–water partition coefficient (Wildman–Crippen LogP) is 5.59. The highest BCUT2D eigenvalue weighted by Crippen LogP contribution is 2.27. The standard InChI is InChI=1S/C21H25N4OS/c1-4-25(26-5-2)19-11-12-20(17(3)15-19)22-23-21-24(13-14-27-21)16-18-9-7-6-8-10-18/h6-15H,4-5,16H2,1-3H3/q+1. The van der Waals surface area contributed by atoms with Gasteiger partial charge in [0, 0.05) is 11.9 Å². The van der Waals surface area contributed by atoms with Crippen molar-refractivity contribution >= 4 is 27.8 Å². The van der Waals surface area contributed by atoms with Gasteiger partial charge in [0.1, 0.15) is 18.4 Å². The lowest BCUT2D eigenvalue weighted by molar-refractivity contribution is -0.671. The maximum Gasteiger partial charge on any atom is 0.408 e. The van der Waals surface area contributed by atoms with Crippen LogP contribution in [-0.2, 0) is 11.4 Å². The van der Waals surface area contributed by atoms with E-state index in [9.17, 15) is 0 Å². The first-order chi connectivity index (χ1) is 13.2. The molecule has 0 N–H and O–H groups in total. The number of rotatable bonds is 8. The van der Waals surface area contributed by atoms with Crippen LogP contribution >= 0.6 is 11.3 Å². The molecule has 0 fully saturated rings. The molecule has 140 valence electrons. The number of anilines is 1. The number of hydrogen-bond donors (Lipinski definition) is 0. The van der Waals surface area contributed by atoms with Crippen LogP contribution in [0.15, 0.2) is 70.3 Å². The van der Waals surface area contributed by atoms with Gasteiger partial charge in [-0.3, -0.25) is 9.90 Å². The lowest BCUT2D eigenvalue weighted by Gasteiger charge is -2.21. The second-order valence-corrected chi connectivity index (χ2v) is 6.96. The Bertz CT molecular complexity index is 892. The van der Waals surface area contributed by atoms with Crippen LogP contribution in [0, 0.1) is 6.92 Å². The predicted molar refractivity (Wildman–Crippen MR) is 110 cm³/mol. The number of azo groups is 1. The van der Waals surface area contributed by atoms with Crippen LogP contribution < -0.4 is 9.63 Å². The molecule has 3 aromatic rings. The molecule has 3 rings (SSSR count). The molecular formula is C21H25N4OS+. The van der Waals surface area contributed by atoms with Gasteiger partial charge in [0.05, 0.1) is 17.4 Å². The second kappa shape index (κ2) is 9.39. The van der Waals surface area contributed by atoms with Crippen LogP contribution in [0.1, 0.15) is 25.0 Å². The summed E-state index contributed by atoms with van der Waals surface area (Å²) in [5, 5.41) is 13.8. The molecule has 5 nitrogen and oxygen atoms in total. The highest BCUT2D eigenvalue weighted by Gasteiger charge is 2.13. The molecule has 6 heteroatoms. The fourth-order valence-corrected chi connectivity index (χ4v) is 3.46. The zero-order valence-electron chi connectivity index (χ0n) is 16.0. The van der Waals surface area contributed by atoms with E-state index in [-0.39, 0.29) is 0 Å². The van der Waals surface area contributed by atoms with Crippen molar-refractivity contribution in [2.45, 2.75) is 27.3 Å². The minimum atomic E-state index is 0.647. The van der Waals surface area contributed by atoms with Crippen LogP contribution in [-0.4, -0.2) is 13.2 Å². The average molecular weight is 382 g/mol. The van der Waals surface area contributed by atoms with E-state index in [1.807, 2.05) is 48.7 Å². The van der Waals surface area contributed by atoms with Gasteiger partial charge in [0.25, 0.3) is 0 Å². The third-order valence-corrected chi connectivity index (χ3v) is 4.92. The molecule has 0 unspecified atom stereocenters. The van der Waals surface area contributed by atoms with Gasteiger partial charge in [-0.2, -0.15) is 0 Å². The third-order valence-electron chi connectivity index (χ3n) is 4.14. The quantitative estimate of drug-likeness (QED) is 0.290. The Hall–Kier alpha value is -2.57. The first-order valence-corrected chi connectivity index (χ1v) is 10.0. The van der Waals surface area contributed by atoms with Gasteiger partial charge in [-0.05, 0) is 66.5 Å². The molecule has 0 atom stereocenters. The number of thiazole rings is 1. The van der Waals surface area contributed by atoms with Gasteiger partial charge in [-0.15, -0.1) is 0 Å². The van der Waals surface area contributed by atoms with Gasteiger partial charge in [0.15, 0.2) is 0 Å². The molecule has 0 radical (unpaired) electrons. The Labute approximate surface area is 164 Å². The van der Waals surface area contributed by atoms with Crippen molar-refractivity contribution in [1.82, 2.24) is 0 Å². The molecule has 1 heterocycles. The molecule has 0 amide bonds. The SMILES string of the molecule is CCON(CC)c1ccc(N=Nc2scc[n+]2Cc2ccccc2)c(C)c1. The zero-order chi connectivity index (χ0) is 19.1. The summed E-state index contributed by atoms with van der Waals surface area (Å²) in [5.41, 5.74) is 4.21. The molecule has 2 aromatic carbocycles. The molecule has 0 aliphatic carbocycles. The first-order valence-electron chi connectivity index (χ1n) is 9.15. The van der Waals surface area contributed by atoms with Crippen LogP contribution in [0.4, 0.5) is 16.5 Å². The molecule has 1 aromatic heterocycles. The van der Waals surface area contributed by atoms with E-state index >= 15 is 0 Å². The fraction of sp³-hybridized carbons (Fsp3) is 0.286. The van der Waals surface area contributed by atoms with E-state index in [0.717, 1.165) is 35.2 Å². The molecular weight excluding hydrogens is 356 g/mol.